The molecule has 2 amide bonds. The molecule has 7 heteroatoms. The third-order valence-electron chi connectivity index (χ3n) is 4.24. The van der Waals surface area contributed by atoms with Gasteiger partial charge in [0.2, 0.25) is 5.91 Å². The molecule has 1 saturated heterocycles. The number of nitrogens with zero attached hydrogens (tertiary/aromatic N) is 1. The Kier molecular flexibility index (Phi) is 5.16. The van der Waals surface area contributed by atoms with Gasteiger partial charge in [0.15, 0.2) is 0 Å². The first-order valence-corrected chi connectivity index (χ1v) is 8.25. The average molecular weight is 360 g/mol. The van der Waals surface area contributed by atoms with Crippen molar-refractivity contribution >= 4 is 23.2 Å². The fourth-order valence-corrected chi connectivity index (χ4v) is 2.95. The van der Waals surface area contributed by atoms with Gasteiger partial charge in [0.05, 0.1) is 12.8 Å². The molecule has 3 rings (SSSR count). The number of hydrogen-bond donors (Lipinski definition) is 1. The first-order chi connectivity index (χ1) is 12.5. The first-order valence-electron chi connectivity index (χ1n) is 8.25. The Hall–Kier alpha value is -2.96. The molecule has 1 aliphatic rings. The van der Waals surface area contributed by atoms with E-state index in [2.05, 4.69) is 5.32 Å². The summed E-state index contributed by atoms with van der Waals surface area (Å²) in [6.45, 7) is 0.550. The largest absolute Gasteiger partial charge is 0.495 e. The molecule has 2 aromatic rings. The Morgan fingerprint density at radius 1 is 1.15 bits per heavy atom. The van der Waals surface area contributed by atoms with E-state index in [0.29, 0.717) is 30.1 Å². The molecule has 0 aromatic heterocycles. The topological polar surface area (TPSA) is 58.6 Å². The van der Waals surface area contributed by atoms with Crippen molar-refractivity contribution < 1.29 is 23.1 Å². The molecule has 2 aromatic carbocycles. The normalized spacial score (nSPS) is 14.3. The molecular formula is C19H18F2N2O3. The van der Waals surface area contributed by atoms with Crippen molar-refractivity contribution in [3.63, 3.8) is 0 Å². The van der Waals surface area contributed by atoms with E-state index in [-0.39, 0.29) is 5.91 Å². The van der Waals surface area contributed by atoms with E-state index in [1.807, 2.05) is 0 Å². The van der Waals surface area contributed by atoms with Gasteiger partial charge in [0, 0.05) is 18.7 Å². The monoisotopic (exact) mass is 360 g/mol. The SMILES string of the molecule is COc1ccc(NC(=O)c2c(F)cccc2F)cc1N1CCCCC1=O. The van der Waals surface area contributed by atoms with Gasteiger partial charge >= 0.3 is 0 Å². The molecule has 0 atom stereocenters. The molecule has 1 N–H and O–H groups in total. The van der Waals surface area contributed by atoms with Crippen LogP contribution in [0.5, 0.6) is 5.75 Å². The summed E-state index contributed by atoms with van der Waals surface area (Å²) in [5.41, 5.74) is 0.176. The summed E-state index contributed by atoms with van der Waals surface area (Å²) in [6, 6.07) is 7.94. The lowest BCUT2D eigenvalue weighted by atomic mass is 10.1. The van der Waals surface area contributed by atoms with Crippen molar-refractivity contribution in [1.82, 2.24) is 0 Å². The Bertz CT molecular complexity index is 834. The van der Waals surface area contributed by atoms with Crippen LogP contribution >= 0.6 is 0 Å². The van der Waals surface area contributed by atoms with E-state index in [1.54, 1.807) is 23.1 Å². The van der Waals surface area contributed by atoms with E-state index in [1.165, 1.54) is 13.2 Å². The second-order valence-corrected chi connectivity index (χ2v) is 5.94. The van der Waals surface area contributed by atoms with Crippen LogP contribution in [0.15, 0.2) is 36.4 Å². The Morgan fingerprint density at radius 3 is 2.54 bits per heavy atom. The van der Waals surface area contributed by atoms with Crippen LogP contribution in [0.2, 0.25) is 0 Å². The molecular weight excluding hydrogens is 342 g/mol. The third kappa shape index (κ3) is 3.51. The van der Waals surface area contributed by atoms with E-state index < -0.39 is 23.1 Å². The maximum absolute atomic E-state index is 13.8. The quantitative estimate of drug-likeness (QED) is 0.904. The van der Waals surface area contributed by atoms with Crippen LogP contribution in [-0.2, 0) is 4.79 Å². The minimum Gasteiger partial charge on any atom is -0.495 e. The number of benzene rings is 2. The van der Waals surface area contributed by atoms with E-state index in [9.17, 15) is 18.4 Å². The van der Waals surface area contributed by atoms with E-state index in [4.69, 9.17) is 4.74 Å². The highest BCUT2D eigenvalue weighted by Gasteiger charge is 2.24. The van der Waals surface area contributed by atoms with Gasteiger partial charge in [-0.1, -0.05) is 6.07 Å². The van der Waals surface area contributed by atoms with Crippen molar-refractivity contribution in [2.75, 3.05) is 23.9 Å². The van der Waals surface area contributed by atoms with Gasteiger partial charge in [-0.2, -0.15) is 0 Å². The number of piperidine rings is 1. The van der Waals surface area contributed by atoms with Crippen molar-refractivity contribution in [2.24, 2.45) is 0 Å². The first kappa shape index (κ1) is 17.8. The molecule has 0 radical (unpaired) electrons. The van der Waals surface area contributed by atoms with Crippen molar-refractivity contribution in [2.45, 2.75) is 19.3 Å². The third-order valence-corrected chi connectivity index (χ3v) is 4.24. The Labute approximate surface area is 149 Å². The molecule has 0 spiro atoms. The van der Waals surface area contributed by atoms with Crippen LogP contribution in [-0.4, -0.2) is 25.5 Å². The summed E-state index contributed by atoms with van der Waals surface area (Å²) in [5.74, 6) is -2.33. The highest BCUT2D eigenvalue weighted by molar-refractivity contribution is 6.05. The molecule has 0 unspecified atom stereocenters. The summed E-state index contributed by atoms with van der Waals surface area (Å²) in [4.78, 5) is 26.0. The van der Waals surface area contributed by atoms with Gasteiger partial charge in [-0.05, 0) is 43.2 Å². The average Bonchev–Trinajstić information content (AvgIpc) is 2.62. The summed E-state index contributed by atoms with van der Waals surface area (Å²) in [6.07, 6.45) is 2.15. The Morgan fingerprint density at radius 2 is 1.88 bits per heavy atom. The number of rotatable bonds is 4. The van der Waals surface area contributed by atoms with Crippen LogP contribution in [0.3, 0.4) is 0 Å². The van der Waals surface area contributed by atoms with Gasteiger partial charge in [-0.3, -0.25) is 9.59 Å². The number of amides is 2. The summed E-state index contributed by atoms with van der Waals surface area (Å²) in [5, 5.41) is 2.47. The molecule has 0 aliphatic carbocycles. The number of anilines is 2. The van der Waals surface area contributed by atoms with Gasteiger partial charge in [-0.15, -0.1) is 0 Å². The second-order valence-electron chi connectivity index (χ2n) is 5.94. The van der Waals surface area contributed by atoms with Crippen LogP contribution < -0.4 is 15.0 Å². The minimum absolute atomic E-state index is 0.0295. The number of halogens is 2. The minimum atomic E-state index is -0.942. The van der Waals surface area contributed by atoms with Crippen molar-refractivity contribution in [3.8, 4) is 5.75 Å². The van der Waals surface area contributed by atoms with Crippen molar-refractivity contribution in [1.29, 1.82) is 0 Å². The number of carbonyl (C=O) groups is 2. The molecule has 1 aliphatic heterocycles. The standard InChI is InChI=1S/C19H18F2N2O3/c1-26-16-9-8-12(11-15(16)23-10-3-2-7-17(23)24)22-19(25)18-13(20)5-4-6-14(18)21/h4-6,8-9,11H,2-3,7,10H2,1H3,(H,22,25). The second kappa shape index (κ2) is 7.51. The zero-order valence-electron chi connectivity index (χ0n) is 14.2. The van der Waals surface area contributed by atoms with Gasteiger partial charge in [-0.25, -0.2) is 8.78 Å². The van der Waals surface area contributed by atoms with E-state index >= 15 is 0 Å². The molecule has 136 valence electrons. The van der Waals surface area contributed by atoms with E-state index in [0.717, 1.165) is 25.0 Å². The zero-order chi connectivity index (χ0) is 18.7. The molecule has 5 nitrogen and oxygen atoms in total. The molecule has 0 bridgehead atoms. The predicted octanol–water partition coefficient (Wildman–Crippen LogP) is 3.74. The van der Waals surface area contributed by atoms with Gasteiger partial charge in [0.1, 0.15) is 22.9 Å². The number of carbonyl (C=O) groups excluding carboxylic acids is 2. The predicted molar refractivity (Wildman–Crippen MR) is 93.5 cm³/mol. The lowest BCUT2D eigenvalue weighted by Gasteiger charge is -2.28. The number of nitrogens with one attached hydrogen (secondary N) is 1. The Balaban J connectivity index is 1.90. The fourth-order valence-electron chi connectivity index (χ4n) is 2.95. The van der Waals surface area contributed by atoms with Crippen LogP contribution in [0.4, 0.5) is 20.2 Å². The van der Waals surface area contributed by atoms with Crippen LogP contribution in [0, 0.1) is 11.6 Å². The van der Waals surface area contributed by atoms with Gasteiger partial charge < -0.3 is 15.0 Å². The maximum atomic E-state index is 13.8. The summed E-state index contributed by atoms with van der Waals surface area (Å²) < 4.78 is 32.8. The number of hydrogen-bond acceptors (Lipinski definition) is 3. The van der Waals surface area contributed by atoms with Crippen molar-refractivity contribution in [3.05, 3.63) is 53.6 Å². The lowest BCUT2D eigenvalue weighted by Crippen LogP contribution is -2.35. The molecule has 26 heavy (non-hydrogen) atoms. The number of methoxy groups -OCH3 is 1. The summed E-state index contributed by atoms with van der Waals surface area (Å²) in [7, 11) is 1.49. The summed E-state index contributed by atoms with van der Waals surface area (Å²) >= 11 is 0. The van der Waals surface area contributed by atoms with Crippen LogP contribution in [0.1, 0.15) is 29.6 Å². The smallest absolute Gasteiger partial charge is 0.261 e. The number of ether oxygens (including phenoxy) is 1. The molecule has 1 fully saturated rings. The maximum Gasteiger partial charge on any atom is 0.261 e. The van der Waals surface area contributed by atoms with Crippen LogP contribution in [0.25, 0.3) is 0 Å². The highest BCUT2D eigenvalue weighted by Crippen LogP contribution is 2.33. The lowest BCUT2D eigenvalue weighted by molar-refractivity contribution is -0.119. The molecule has 1 heterocycles. The highest BCUT2D eigenvalue weighted by atomic mass is 19.1. The van der Waals surface area contributed by atoms with Gasteiger partial charge in [0.25, 0.3) is 5.91 Å². The zero-order valence-corrected chi connectivity index (χ0v) is 14.2. The fraction of sp³-hybridized carbons (Fsp3) is 0.263. The molecule has 0 saturated carbocycles.